The van der Waals surface area contributed by atoms with Crippen molar-refractivity contribution in [3.05, 3.63) is 30.3 Å². The number of thioether (sulfide) groups is 1. The highest BCUT2D eigenvalue weighted by atomic mass is 32.2. The number of benzene rings is 1. The molecule has 1 saturated heterocycles. The van der Waals surface area contributed by atoms with Gasteiger partial charge in [0, 0.05) is 29.9 Å². The molecule has 4 nitrogen and oxygen atoms in total. The maximum absolute atomic E-state index is 12.3. The predicted molar refractivity (Wildman–Crippen MR) is 92.2 cm³/mol. The zero-order valence-corrected chi connectivity index (χ0v) is 14.3. The van der Waals surface area contributed by atoms with E-state index >= 15 is 0 Å². The molecule has 1 unspecified atom stereocenters. The first kappa shape index (κ1) is 16.4. The van der Waals surface area contributed by atoms with E-state index in [0.29, 0.717) is 11.8 Å². The third-order valence-corrected chi connectivity index (χ3v) is 5.62. The number of amides is 2. The second-order valence-corrected chi connectivity index (χ2v) is 7.87. The van der Waals surface area contributed by atoms with Gasteiger partial charge in [-0.05, 0) is 44.7 Å². The summed E-state index contributed by atoms with van der Waals surface area (Å²) >= 11 is 1.58. The summed E-state index contributed by atoms with van der Waals surface area (Å²) in [5.41, 5.74) is 0. The molecule has 2 aliphatic rings. The van der Waals surface area contributed by atoms with Gasteiger partial charge in [-0.2, -0.15) is 0 Å². The standard InChI is InChI=1S/C18H24N2O2S/c1-13(23-16-5-3-2-4-6-16)17(21)19-15-9-11-20(12-10-15)18(22)14-7-8-14/h2-6,13-15H,7-12H2,1H3,(H,19,21). The molecule has 0 aromatic heterocycles. The topological polar surface area (TPSA) is 49.4 Å². The summed E-state index contributed by atoms with van der Waals surface area (Å²) in [6.07, 6.45) is 3.85. The minimum absolute atomic E-state index is 0.0887. The van der Waals surface area contributed by atoms with Gasteiger partial charge in [-0.15, -0.1) is 11.8 Å². The van der Waals surface area contributed by atoms with E-state index in [2.05, 4.69) is 5.32 Å². The van der Waals surface area contributed by atoms with Gasteiger partial charge in [-0.3, -0.25) is 9.59 Å². The Bertz CT molecular complexity index is 551. The van der Waals surface area contributed by atoms with E-state index in [-0.39, 0.29) is 17.2 Å². The van der Waals surface area contributed by atoms with Crippen LogP contribution >= 0.6 is 11.8 Å². The molecule has 5 heteroatoms. The summed E-state index contributed by atoms with van der Waals surface area (Å²) in [4.78, 5) is 27.5. The van der Waals surface area contributed by atoms with E-state index < -0.39 is 0 Å². The first-order valence-electron chi connectivity index (χ1n) is 8.44. The largest absolute Gasteiger partial charge is 0.352 e. The van der Waals surface area contributed by atoms with E-state index in [1.165, 1.54) is 0 Å². The van der Waals surface area contributed by atoms with Crippen LogP contribution in [0.4, 0.5) is 0 Å². The Morgan fingerprint density at radius 1 is 1.13 bits per heavy atom. The molecule has 1 heterocycles. The van der Waals surface area contributed by atoms with Crippen molar-refractivity contribution in [3.8, 4) is 0 Å². The van der Waals surface area contributed by atoms with Gasteiger partial charge in [0.15, 0.2) is 0 Å². The van der Waals surface area contributed by atoms with Gasteiger partial charge in [0.25, 0.3) is 0 Å². The molecule has 1 N–H and O–H groups in total. The maximum Gasteiger partial charge on any atom is 0.233 e. The zero-order valence-electron chi connectivity index (χ0n) is 13.5. The number of likely N-dealkylation sites (tertiary alicyclic amines) is 1. The van der Waals surface area contributed by atoms with Crippen LogP contribution in [-0.4, -0.2) is 41.1 Å². The highest BCUT2D eigenvalue weighted by Gasteiger charge is 2.35. The number of hydrogen-bond acceptors (Lipinski definition) is 3. The fourth-order valence-electron chi connectivity index (χ4n) is 2.91. The fraction of sp³-hybridized carbons (Fsp3) is 0.556. The molecular weight excluding hydrogens is 308 g/mol. The average Bonchev–Trinajstić information content (AvgIpc) is 3.41. The van der Waals surface area contributed by atoms with E-state index in [4.69, 9.17) is 0 Å². The second-order valence-electron chi connectivity index (χ2n) is 6.46. The maximum atomic E-state index is 12.3. The second kappa shape index (κ2) is 7.39. The molecule has 1 aromatic rings. The number of hydrogen-bond donors (Lipinski definition) is 1. The van der Waals surface area contributed by atoms with Gasteiger partial charge >= 0.3 is 0 Å². The number of nitrogens with zero attached hydrogens (tertiary/aromatic N) is 1. The van der Waals surface area contributed by atoms with Gasteiger partial charge in [0.1, 0.15) is 0 Å². The lowest BCUT2D eigenvalue weighted by molar-refractivity contribution is -0.133. The molecular formula is C18H24N2O2S. The van der Waals surface area contributed by atoms with Crippen molar-refractivity contribution in [1.82, 2.24) is 10.2 Å². The molecule has 0 radical (unpaired) electrons. The fourth-order valence-corrected chi connectivity index (χ4v) is 3.81. The molecule has 3 rings (SSSR count). The van der Waals surface area contributed by atoms with Crippen molar-refractivity contribution >= 4 is 23.6 Å². The Morgan fingerprint density at radius 2 is 1.78 bits per heavy atom. The van der Waals surface area contributed by atoms with Crippen LogP contribution in [-0.2, 0) is 9.59 Å². The number of piperidine rings is 1. The van der Waals surface area contributed by atoms with E-state index in [1.54, 1.807) is 11.8 Å². The van der Waals surface area contributed by atoms with Crippen LogP contribution in [0.1, 0.15) is 32.6 Å². The summed E-state index contributed by atoms with van der Waals surface area (Å²) in [6, 6.07) is 10.2. The van der Waals surface area contributed by atoms with Crippen LogP contribution in [0.15, 0.2) is 35.2 Å². The lowest BCUT2D eigenvalue weighted by atomic mass is 10.0. The highest BCUT2D eigenvalue weighted by Crippen LogP contribution is 2.32. The molecule has 1 aliphatic heterocycles. The zero-order chi connectivity index (χ0) is 16.2. The van der Waals surface area contributed by atoms with Gasteiger partial charge in [-0.1, -0.05) is 18.2 Å². The molecule has 2 fully saturated rings. The third-order valence-electron chi connectivity index (χ3n) is 4.50. The predicted octanol–water partition coefficient (Wildman–Crippen LogP) is 2.68. The molecule has 2 amide bonds. The van der Waals surface area contributed by atoms with Crippen molar-refractivity contribution in [1.29, 1.82) is 0 Å². The molecule has 0 spiro atoms. The van der Waals surface area contributed by atoms with Crippen LogP contribution in [0.2, 0.25) is 0 Å². The summed E-state index contributed by atoms with van der Waals surface area (Å²) < 4.78 is 0. The van der Waals surface area contributed by atoms with Gasteiger partial charge in [0.2, 0.25) is 11.8 Å². The third kappa shape index (κ3) is 4.50. The van der Waals surface area contributed by atoms with E-state index in [1.807, 2.05) is 42.2 Å². The summed E-state index contributed by atoms with van der Waals surface area (Å²) in [7, 11) is 0. The van der Waals surface area contributed by atoms with Gasteiger partial charge in [0.05, 0.1) is 5.25 Å². The lowest BCUT2D eigenvalue weighted by Gasteiger charge is -2.33. The first-order chi connectivity index (χ1) is 11.1. The average molecular weight is 332 g/mol. The summed E-state index contributed by atoms with van der Waals surface area (Å²) in [6.45, 7) is 3.50. The quantitative estimate of drug-likeness (QED) is 0.844. The summed E-state index contributed by atoms with van der Waals surface area (Å²) in [5.74, 6) is 0.706. The number of nitrogens with one attached hydrogen (secondary N) is 1. The number of carbonyl (C=O) groups is 2. The SMILES string of the molecule is CC(Sc1ccccc1)C(=O)NC1CCN(C(=O)C2CC2)CC1. The van der Waals surface area contributed by atoms with E-state index in [0.717, 1.165) is 43.7 Å². The Hall–Kier alpha value is -1.49. The van der Waals surface area contributed by atoms with Crippen molar-refractivity contribution in [2.75, 3.05) is 13.1 Å². The van der Waals surface area contributed by atoms with Crippen molar-refractivity contribution < 1.29 is 9.59 Å². The molecule has 1 atom stereocenters. The minimum atomic E-state index is -0.108. The Morgan fingerprint density at radius 3 is 2.39 bits per heavy atom. The Labute approximate surface area is 142 Å². The van der Waals surface area contributed by atoms with Gasteiger partial charge in [-0.25, -0.2) is 0 Å². The Kier molecular flexibility index (Phi) is 5.26. The van der Waals surface area contributed by atoms with Crippen molar-refractivity contribution in [3.63, 3.8) is 0 Å². The molecule has 124 valence electrons. The van der Waals surface area contributed by atoms with Crippen molar-refractivity contribution in [2.45, 2.75) is 48.8 Å². The normalized spacial score (nSPS) is 20.1. The first-order valence-corrected chi connectivity index (χ1v) is 9.32. The highest BCUT2D eigenvalue weighted by molar-refractivity contribution is 8.00. The smallest absolute Gasteiger partial charge is 0.233 e. The van der Waals surface area contributed by atoms with Crippen LogP contribution < -0.4 is 5.32 Å². The molecule has 1 aliphatic carbocycles. The monoisotopic (exact) mass is 332 g/mol. The number of carbonyl (C=O) groups excluding carboxylic acids is 2. The molecule has 1 saturated carbocycles. The lowest BCUT2D eigenvalue weighted by Crippen LogP contribution is -2.48. The minimum Gasteiger partial charge on any atom is -0.352 e. The van der Waals surface area contributed by atoms with Crippen LogP contribution in [0.3, 0.4) is 0 Å². The van der Waals surface area contributed by atoms with Crippen LogP contribution in [0.5, 0.6) is 0 Å². The van der Waals surface area contributed by atoms with Crippen molar-refractivity contribution in [2.24, 2.45) is 5.92 Å². The van der Waals surface area contributed by atoms with Crippen LogP contribution in [0.25, 0.3) is 0 Å². The number of rotatable bonds is 5. The Balaban J connectivity index is 1.42. The van der Waals surface area contributed by atoms with Crippen LogP contribution in [0, 0.1) is 5.92 Å². The summed E-state index contributed by atoms with van der Waals surface area (Å²) in [5, 5.41) is 3.04. The molecule has 23 heavy (non-hydrogen) atoms. The van der Waals surface area contributed by atoms with E-state index in [9.17, 15) is 9.59 Å². The molecule has 0 bridgehead atoms. The molecule has 1 aromatic carbocycles. The van der Waals surface area contributed by atoms with Gasteiger partial charge < -0.3 is 10.2 Å².